The van der Waals surface area contributed by atoms with Crippen LogP contribution in [0.5, 0.6) is 5.75 Å². The van der Waals surface area contributed by atoms with Gasteiger partial charge in [0.05, 0.1) is 6.61 Å². The van der Waals surface area contributed by atoms with Crippen molar-refractivity contribution < 1.29 is 18.6 Å². The fraction of sp³-hybridized carbons (Fsp3) is 0.200. The maximum absolute atomic E-state index is 12.3. The molecule has 21 heavy (non-hydrogen) atoms. The highest BCUT2D eigenvalue weighted by atomic mass is 35.5. The SMILES string of the molecule is OCc1ccc(NCc2cc(Cl)ccc2OC(F)F)cc1. The van der Waals surface area contributed by atoms with Crippen LogP contribution in [0.2, 0.25) is 5.02 Å². The van der Waals surface area contributed by atoms with E-state index in [-0.39, 0.29) is 12.4 Å². The molecule has 0 heterocycles. The second-order valence-corrected chi connectivity index (χ2v) is 4.78. The van der Waals surface area contributed by atoms with Gasteiger partial charge in [-0.1, -0.05) is 23.7 Å². The Morgan fingerprint density at radius 2 is 1.86 bits per heavy atom. The van der Waals surface area contributed by atoms with Crippen LogP contribution < -0.4 is 10.1 Å². The first-order chi connectivity index (χ1) is 10.1. The molecule has 6 heteroatoms. The normalized spacial score (nSPS) is 10.7. The van der Waals surface area contributed by atoms with E-state index in [0.29, 0.717) is 17.1 Å². The Bertz CT molecular complexity index is 591. The number of benzene rings is 2. The topological polar surface area (TPSA) is 41.5 Å². The number of anilines is 1. The van der Waals surface area contributed by atoms with E-state index in [9.17, 15) is 8.78 Å². The van der Waals surface area contributed by atoms with Crippen molar-refractivity contribution in [3.63, 3.8) is 0 Å². The Balaban J connectivity index is 2.08. The molecule has 0 aliphatic rings. The molecular formula is C15H14ClF2NO2. The lowest BCUT2D eigenvalue weighted by molar-refractivity contribution is -0.0504. The molecule has 0 unspecified atom stereocenters. The lowest BCUT2D eigenvalue weighted by Gasteiger charge is -2.13. The Morgan fingerprint density at radius 1 is 1.14 bits per heavy atom. The highest BCUT2D eigenvalue weighted by Gasteiger charge is 2.10. The zero-order valence-electron chi connectivity index (χ0n) is 11.0. The van der Waals surface area contributed by atoms with Gasteiger partial charge in [-0.2, -0.15) is 8.78 Å². The zero-order chi connectivity index (χ0) is 15.2. The van der Waals surface area contributed by atoms with Gasteiger partial charge >= 0.3 is 6.61 Å². The number of aliphatic hydroxyl groups excluding tert-OH is 1. The molecule has 0 saturated heterocycles. The summed E-state index contributed by atoms with van der Waals surface area (Å²) >= 11 is 5.88. The summed E-state index contributed by atoms with van der Waals surface area (Å²) in [5.41, 5.74) is 2.13. The number of aliphatic hydroxyl groups is 1. The molecular weight excluding hydrogens is 300 g/mol. The van der Waals surface area contributed by atoms with Crippen LogP contribution in [0.25, 0.3) is 0 Å². The van der Waals surface area contributed by atoms with Crippen LogP contribution in [0, 0.1) is 0 Å². The second-order valence-electron chi connectivity index (χ2n) is 4.34. The summed E-state index contributed by atoms with van der Waals surface area (Å²) in [6.45, 7) is -2.61. The molecule has 0 aliphatic heterocycles. The van der Waals surface area contributed by atoms with Crippen molar-refractivity contribution in [2.75, 3.05) is 5.32 Å². The lowest BCUT2D eigenvalue weighted by Crippen LogP contribution is -2.07. The summed E-state index contributed by atoms with van der Waals surface area (Å²) in [7, 11) is 0. The average molecular weight is 314 g/mol. The molecule has 0 atom stereocenters. The second kappa shape index (κ2) is 7.24. The van der Waals surface area contributed by atoms with Crippen LogP contribution >= 0.6 is 11.6 Å². The van der Waals surface area contributed by atoms with E-state index in [2.05, 4.69) is 10.1 Å². The summed E-state index contributed by atoms with van der Waals surface area (Å²) in [5, 5.41) is 12.5. The van der Waals surface area contributed by atoms with E-state index in [1.807, 2.05) is 0 Å². The molecule has 112 valence electrons. The van der Waals surface area contributed by atoms with Gasteiger partial charge in [0.1, 0.15) is 5.75 Å². The predicted octanol–water partition coefficient (Wildman–Crippen LogP) is 4.05. The quantitative estimate of drug-likeness (QED) is 0.845. The fourth-order valence-electron chi connectivity index (χ4n) is 1.82. The molecule has 0 radical (unpaired) electrons. The third-order valence-corrected chi connectivity index (χ3v) is 3.09. The zero-order valence-corrected chi connectivity index (χ0v) is 11.8. The molecule has 0 bridgehead atoms. The number of alkyl halides is 2. The maximum atomic E-state index is 12.3. The first-order valence-electron chi connectivity index (χ1n) is 6.25. The monoisotopic (exact) mass is 313 g/mol. The van der Waals surface area contributed by atoms with E-state index >= 15 is 0 Å². The fourth-order valence-corrected chi connectivity index (χ4v) is 2.02. The number of rotatable bonds is 6. The number of nitrogens with one attached hydrogen (secondary N) is 1. The van der Waals surface area contributed by atoms with Gasteiger partial charge in [0.15, 0.2) is 0 Å². The molecule has 2 aromatic rings. The van der Waals surface area contributed by atoms with Crippen LogP contribution in [0.4, 0.5) is 14.5 Å². The number of hydrogen-bond donors (Lipinski definition) is 2. The Labute approximate surface area is 126 Å². The van der Waals surface area contributed by atoms with Gasteiger partial charge in [0.2, 0.25) is 0 Å². The van der Waals surface area contributed by atoms with Gasteiger partial charge in [-0.05, 0) is 35.9 Å². The first kappa shape index (κ1) is 15.5. The largest absolute Gasteiger partial charge is 0.434 e. The molecule has 0 aromatic heterocycles. The Morgan fingerprint density at radius 3 is 2.48 bits per heavy atom. The van der Waals surface area contributed by atoms with Gasteiger partial charge in [0.25, 0.3) is 0 Å². The maximum Gasteiger partial charge on any atom is 0.387 e. The van der Waals surface area contributed by atoms with Crippen molar-refractivity contribution in [3.05, 3.63) is 58.6 Å². The van der Waals surface area contributed by atoms with E-state index in [1.54, 1.807) is 30.3 Å². The van der Waals surface area contributed by atoms with Crippen molar-refractivity contribution in [2.45, 2.75) is 19.8 Å². The van der Waals surface area contributed by atoms with E-state index in [0.717, 1.165) is 11.3 Å². The minimum absolute atomic E-state index is 0.0268. The number of ether oxygens (including phenoxy) is 1. The van der Waals surface area contributed by atoms with E-state index in [4.69, 9.17) is 16.7 Å². The van der Waals surface area contributed by atoms with Crippen molar-refractivity contribution in [1.29, 1.82) is 0 Å². The van der Waals surface area contributed by atoms with Crippen LogP contribution in [0.1, 0.15) is 11.1 Å². The van der Waals surface area contributed by atoms with Crippen molar-refractivity contribution in [1.82, 2.24) is 0 Å². The molecule has 0 aliphatic carbocycles. The van der Waals surface area contributed by atoms with Crippen LogP contribution in [0.3, 0.4) is 0 Å². The van der Waals surface area contributed by atoms with Crippen LogP contribution in [-0.2, 0) is 13.2 Å². The molecule has 0 spiro atoms. The molecule has 0 fully saturated rings. The van der Waals surface area contributed by atoms with Crippen molar-refractivity contribution >= 4 is 17.3 Å². The predicted molar refractivity (Wildman–Crippen MR) is 77.8 cm³/mol. The van der Waals surface area contributed by atoms with Gasteiger partial charge in [-0.3, -0.25) is 0 Å². The highest BCUT2D eigenvalue weighted by molar-refractivity contribution is 6.30. The molecule has 2 aromatic carbocycles. The Hall–Kier alpha value is -1.85. The molecule has 0 saturated carbocycles. The number of halogens is 3. The van der Waals surface area contributed by atoms with E-state index < -0.39 is 6.61 Å². The van der Waals surface area contributed by atoms with E-state index in [1.165, 1.54) is 12.1 Å². The molecule has 3 nitrogen and oxygen atoms in total. The Kier molecular flexibility index (Phi) is 5.36. The summed E-state index contributed by atoms with van der Waals surface area (Å²) in [6.07, 6.45) is 0. The summed E-state index contributed by atoms with van der Waals surface area (Å²) in [6, 6.07) is 11.6. The van der Waals surface area contributed by atoms with Gasteiger partial charge in [0, 0.05) is 22.8 Å². The third-order valence-electron chi connectivity index (χ3n) is 2.86. The van der Waals surface area contributed by atoms with Gasteiger partial charge in [-0.15, -0.1) is 0 Å². The minimum Gasteiger partial charge on any atom is -0.434 e. The summed E-state index contributed by atoms with van der Waals surface area (Å²) in [4.78, 5) is 0. The summed E-state index contributed by atoms with van der Waals surface area (Å²) < 4.78 is 29.2. The minimum atomic E-state index is -2.88. The number of hydrogen-bond acceptors (Lipinski definition) is 3. The standard InChI is InChI=1S/C15H14ClF2NO2/c16-12-3-6-14(21-15(17)18)11(7-12)8-19-13-4-1-10(9-20)2-5-13/h1-7,15,19-20H,8-9H2. The van der Waals surface area contributed by atoms with Gasteiger partial charge < -0.3 is 15.2 Å². The highest BCUT2D eigenvalue weighted by Crippen LogP contribution is 2.25. The third kappa shape index (κ3) is 4.58. The van der Waals surface area contributed by atoms with Crippen LogP contribution in [-0.4, -0.2) is 11.7 Å². The van der Waals surface area contributed by atoms with Gasteiger partial charge in [-0.25, -0.2) is 0 Å². The lowest BCUT2D eigenvalue weighted by atomic mass is 10.2. The van der Waals surface area contributed by atoms with Crippen LogP contribution in [0.15, 0.2) is 42.5 Å². The average Bonchev–Trinajstić information content (AvgIpc) is 2.47. The summed E-state index contributed by atoms with van der Waals surface area (Å²) in [5.74, 6) is 0.0916. The molecule has 0 amide bonds. The molecule has 2 N–H and O–H groups in total. The van der Waals surface area contributed by atoms with Crippen molar-refractivity contribution in [3.8, 4) is 5.75 Å². The first-order valence-corrected chi connectivity index (χ1v) is 6.63. The molecule has 2 rings (SSSR count). The smallest absolute Gasteiger partial charge is 0.387 e. The van der Waals surface area contributed by atoms with Crippen molar-refractivity contribution in [2.24, 2.45) is 0 Å².